The first-order valence-corrected chi connectivity index (χ1v) is 9.53. The number of benzene rings is 2. The summed E-state index contributed by atoms with van der Waals surface area (Å²) in [6, 6.07) is 14.5. The van der Waals surface area contributed by atoms with Crippen LogP contribution in [0.5, 0.6) is 0 Å². The lowest BCUT2D eigenvalue weighted by atomic mass is 10.2. The van der Waals surface area contributed by atoms with E-state index < -0.39 is 27.2 Å². The molecule has 3 aromatic rings. The molecule has 1 N–H and O–H groups in total. The van der Waals surface area contributed by atoms with Gasteiger partial charge < -0.3 is 0 Å². The maximum Gasteiger partial charge on any atom is 0.296 e. The monoisotopic (exact) mass is 375 g/mol. The molecule has 0 saturated carbocycles. The molecule has 0 amide bonds. The number of aromatic nitrogens is 2. The summed E-state index contributed by atoms with van der Waals surface area (Å²) in [5.41, 5.74) is 0.566. The summed E-state index contributed by atoms with van der Waals surface area (Å²) < 4.78 is 43.9. The van der Waals surface area contributed by atoms with E-state index in [0.29, 0.717) is 11.4 Å². The third-order valence-electron chi connectivity index (χ3n) is 4.12. The number of anilines is 1. The largest absolute Gasteiger partial charge is 0.296 e. The van der Waals surface area contributed by atoms with Crippen molar-refractivity contribution in [2.75, 3.05) is 4.72 Å². The van der Waals surface area contributed by atoms with Crippen molar-refractivity contribution in [1.29, 1.82) is 0 Å². The summed E-state index contributed by atoms with van der Waals surface area (Å²) >= 11 is 0. The highest BCUT2D eigenvalue weighted by atomic mass is 32.2. The van der Waals surface area contributed by atoms with Crippen molar-refractivity contribution >= 4 is 15.7 Å². The first kappa shape index (κ1) is 17.9. The van der Waals surface area contributed by atoms with Gasteiger partial charge in [0.15, 0.2) is 0 Å². The maximum atomic E-state index is 13.7. The molecular formula is C18H18FN3O3S. The maximum absolute atomic E-state index is 13.7. The number of hydrogen-bond acceptors (Lipinski definition) is 3. The molecule has 0 aliphatic rings. The van der Waals surface area contributed by atoms with Gasteiger partial charge in [-0.1, -0.05) is 36.4 Å². The molecule has 26 heavy (non-hydrogen) atoms. The minimum absolute atomic E-state index is 0.0389. The van der Waals surface area contributed by atoms with Gasteiger partial charge in [0, 0.05) is 12.6 Å². The van der Waals surface area contributed by atoms with E-state index in [4.69, 9.17) is 0 Å². The molecular weight excluding hydrogens is 357 g/mol. The van der Waals surface area contributed by atoms with Crippen molar-refractivity contribution in [2.24, 2.45) is 7.05 Å². The van der Waals surface area contributed by atoms with Gasteiger partial charge in [0.2, 0.25) is 10.0 Å². The summed E-state index contributed by atoms with van der Waals surface area (Å²) in [4.78, 5) is 12.7. The van der Waals surface area contributed by atoms with Crippen LogP contribution in [0, 0.1) is 12.7 Å². The van der Waals surface area contributed by atoms with Gasteiger partial charge >= 0.3 is 0 Å². The van der Waals surface area contributed by atoms with Crippen LogP contribution in [0.25, 0.3) is 5.69 Å². The van der Waals surface area contributed by atoms with E-state index >= 15 is 0 Å². The fourth-order valence-electron chi connectivity index (χ4n) is 2.70. The van der Waals surface area contributed by atoms with Gasteiger partial charge in [-0.05, 0) is 25.1 Å². The average Bonchev–Trinajstić information content (AvgIpc) is 2.81. The number of rotatable bonds is 5. The van der Waals surface area contributed by atoms with Crippen LogP contribution in [0.4, 0.5) is 10.1 Å². The number of sulfonamides is 1. The highest BCUT2D eigenvalue weighted by Crippen LogP contribution is 2.17. The molecule has 0 radical (unpaired) electrons. The minimum Gasteiger partial charge on any atom is -0.283 e. The lowest BCUT2D eigenvalue weighted by molar-refractivity contribution is 0.591. The summed E-state index contributed by atoms with van der Waals surface area (Å²) in [5.74, 6) is -1.16. The average molecular weight is 375 g/mol. The Kier molecular flexibility index (Phi) is 4.69. The molecule has 136 valence electrons. The van der Waals surface area contributed by atoms with Gasteiger partial charge in [0.25, 0.3) is 5.56 Å². The van der Waals surface area contributed by atoms with E-state index in [0.717, 1.165) is 0 Å². The van der Waals surface area contributed by atoms with Gasteiger partial charge in [-0.2, -0.15) is 0 Å². The van der Waals surface area contributed by atoms with Crippen LogP contribution < -0.4 is 10.3 Å². The van der Waals surface area contributed by atoms with E-state index in [9.17, 15) is 17.6 Å². The molecule has 0 unspecified atom stereocenters. The number of nitrogens with zero attached hydrogens (tertiary/aromatic N) is 2. The Morgan fingerprint density at radius 3 is 2.31 bits per heavy atom. The Hall–Kier alpha value is -2.87. The second kappa shape index (κ2) is 6.80. The fraction of sp³-hybridized carbons (Fsp3) is 0.167. The van der Waals surface area contributed by atoms with Crippen LogP contribution in [-0.2, 0) is 22.8 Å². The Balaban J connectivity index is 1.98. The highest BCUT2D eigenvalue weighted by molar-refractivity contribution is 7.91. The summed E-state index contributed by atoms with van der Waals surface area (Å²) in [6.45, 7) is 1.64. The first-order valence-electron chi connectivity index (χ1n) is 7.88. The van der Waals surface area contributed by atoms with Crippen molar-refractivity contribution in [3.05, 3.63) is 82.0 Å². The van der Waals surface area contributed by atoms with E-state index in [1.807, 2.05) is 6.07 Å². The van der Waals surface area contributed by atoms with Crippen molar-refractivity contribution in [2.45, 2.75) is 12.7 Å². The molecule has 0 aliphatic carbocycles. The van der Waals surface area contributed by atoms with Crippen molar-refractivity contribution in [3.8, 4) is 5.69 Å². The van der Waals surface area contributed by atoms with Crippen LogP contribution in [0.15, 0.2) is 59.4 Å². The predicted molar refractivity (Wildman–Crippen MR) is 98.4 cm³/mol. The van der Waals surface area contributed by atoms with Gasteiger partial charge in [-0.25, -0.2) is 17.5 Å². The van der Waals surface area contributed by atoms with Gasteiger partial charge in [0.05, 0.1) is 17.1 Å². The SMILES string of the molecule is Cc1c(NS(=O)(=O)Cc2ccccc2F)c(=O)n(-c2ccccc2)n1C. The fourth-order valence-corrected chi connectivity index (χ4v) is 3.96. The third kappa shape index (κ3) is 3.41. The highest BCUT2D eigenvalue weighted by Gasteiger charge is 2.22. The number of para-hydroxylation sites is 1. The molecule has 6 nitrogen and oxygen atoms in total. The van der Waals surface area contributed by atoms with E-state index in [1.54, 1.807) is 49.0 Å². The molecule has 0 fully saturated rings. The zero-order valence-corrected chi connectivity index (χ0v) is 15.1. The zero-order chi connectivity index (χ0) is 18.9. The predicted octanol–water partition coefficient (Wildman–Crippen LogP) is 2.57. The Bertz CT molecular complexity index is 1100. The smallest absolute Gasteiger partial charge is 0.283 e. The van der Waals surface area contributed by atoms with Gasteiger partial charge in [-0.3, -0.25) is 14.2 Å². The molecule has 0 spiro atoms. The minimum atomic E-state index is -3.96. The quantitative estimate of drug-likeness (QED) is 0.745. The molecule has 3 rings (SSSR count). The van der Waals surface area contributed by atoms with Gasteiger partial charge in [-0.15, -0.1) is 0 Å². The second-order valence-electron chi connectivity index (χ2n) is 5.89. The second-order valence-corrected chi connectivity index (χ2v) is 7.61. The first-order chi connectivity index (χ1) is 12.3. The molecule has 1 aromatic heterocycles. The molecule has 0 saturated heterocycles. The topological polar surface area (TPSA) is 73.1 Å². The lowest BCUT2D eigenvalue weighted by Gasteiger charge is -2.08. The summed E-state index contributed by atoms with van der Waals surface area (Å²) in [6.07, 6.45) is 0. The van der Waals surface area contributed by atoms with Crippen LogP contribution >= 0.6 is 0 Å². The molecule has 1 heterocycles. The number of hydrogen-bond donors (Lipinski definition) is 1. The van der Waals surface area contributed by atoms with E-state index in [1.165, 1.54) is 22.9 Å². The lowest BCUT2D eigenvalue weighted by Crippen LogP contribution is -2.23. The van der Waals surface area contributed by atoms with E-state index in [2.05, 4.69) is 4.72 Å². The van der Waals surface area contributed by atoms with Crippen LogP contribution in [0.3, 0.4) is 0 Å². The standard InChI is InChI=1S/C18H18FN3O3S/c1-13-17(18(23)22(21(13)2)15-9-4-3-5-10-15)20-26(24,25)12-14-8-6-7-11-16(14)19/h3-11,20H,12H2,1-2H3. The molecule has 0 aliphatic heterocycles. The third-order valence-corrected chi connectivity index (χ3v) is 5.32. The van der Waals surface area contributed by atoms with Crippen molar-refractivity contribution in [3.63, 3.8) is 0 Å². The van der Waals surface area contributed by atoms with Crippen LogP contribution in [0.1, 0.15) is 11.3 Å². The van der Waals surface area contributed by atoms with Crippen LogP contribution in [0.2, 0.25) is 0 Å². The van der Waals surface area contributed by atoms with Gasteiger partial charge in [0.1, 0.15) is 11.5 Å². The molecule has 2 aromatic carbocycles. The zero-order valence-electron chi connectivity index (χ0n) is 14.3. The normalized spacial score (nSPS) is 11.5. The van der Waals surface area contributed by atoms with Crippen molar-refractivity contribution in [1.82, 2.24) is 9.36 Å². The molecule has 8 heteroatoms. The number of nitrogens with one attached hydrogen (secondary N) is 1. The van der Waals surface area contributed by atoms with E-state index in [-0.39, 0.29) is 11.3 Å². The summed E-state index contributed by atoms with van der Waals surface area (Å²) in [5, 5.41) is 0. The Morgan fingerprint density at radius 2 is 1.65 bits per heavy atom. The molecule has 0 bridgehead atoms. The summed E-state index contributed by atoms with van der Waals surface area (Å²) in [7, 11) is -2.29. The van der Waals surface area contributed by atoms with Crippen LogP contribution in [-0.4, -0.2) is 17.8 Å². The van der Waals surface area contributed by atoms with Crippen molar-refractivity contribution < 1.29 is 12.8 Å². The molecule has 0 atom stereocenters. The Labute approximate surface area is 150 Å². The number of halogens is 1. The Morgan fingerprint density at radius 1 is 1.04 bits per heavy atom.